The fourth-order valence-corrected chi connectivity index (χ4v) is 5.28. The zero-order chi connectivity index (χ0) is 30.0. The summed E-state index contributed by atoms with van der Waals surface area (Å²) in [5, 5.41) is 12.6. The van der Waals surface area contributed by atoms with Crippen molar-refractivity contribution in [3.8, 4) is 0 Å². The smallest absolute Gasteiger partial charge is 0.140 e. The summed E-state index contributed by atoms with van der Waals surface area (Å²) >= 11 is 0. The van der Waals surface area contributed by atoms with Crippen molar-refractivity contribution < 1.29 is 5.11 Å². The second kappa shape index (κ2) is 13.6. The molecule has 0 fully saturated rings. The molecule has 1 heteroatoms. The van der Waals surface area contributed by atoms with Crippen LogP contribution in [0.4, 0.5) is 0 Å². The van der Waals surface area contributed by atoms with Gasteiger partial charge in [0, 0.05) is 0 Å². The Labute approximate surface area is 260 Å². The molecule has 0 spiro atoms. The van der Waals surface area contributed by atoms with Gasteiger partial charge in [-0.2, -0.15) is 0 Å². The number of rotatable bonds is 9. The van der Waals surface area contributed by atoms with Crippen LogP contribution >= 0.6 is 0 Å². The van der Waals surface area contributed by atoms with Gasteiger partial charge >= 0.3 is 0 Å². The van der Waals surface area contributed by atoms with Crippen molar-refractivity contribution in [2.45, 2.75) is 5.60 Å². The van der Waals surface area contributed by atoms with E-state index in [4.69, 9.17) is 0 Å². The molecule has 0 saturated heterocycles. The van der Waals surface area contributed by atoms with Gasteiger partial charge in [-0.05, 0) is 50.1 Å². The third-order valence-corrected chi connectivity index (χ3v) is 7.79. The van der Waals surface area contributed by atoms with Crippen LogP contribution in [0.2, 0.25) is 0 Å². The van der Waals surface area contributed by atoms with Gasteiger partial charge in [0.25, 0.3) is 0 Å². The molecule has 0 aromatic heterocycles. The van der Waals surface area contributed by atoms with Crippen molar-refractivity contribution in [2.75, 3.05) is 0 Å². The van der Waals surface area contributed by atoms with Crippen LogP contribution in [0, 0.1) is 0 Å². The Hall–Kier alpha value is -5.50. The fourth-order valence-electron chi connectivity index (χ4n) is 5.28. The Morgan fingerprint density at radius 3 is 0.705 bits per heavy atom. The largest absolute Gasteiger partial charge is 0.376 e. The van der Waals surface area contributed by atoms with Gasteiger partial charge in [-0.25, -0.2) is 0 Å². The topological polar surface area (TPSA) is 20.2 Å². The van der Waals surface area contributed by atoms with Crippen LogP contribution in [0.5, 0.6) is 0 Å². The molecule has 6 rings (SSSR count). The van der Waals surface area contributed by atoms with Crippen LogP contribution in [-0.2, 0) is 5.60 Å². The summed E-state index contributed by atoms with van der Waals surface area (Å²) in [7, 11) is 0. The highest BCUT2D eigenvalue weighted by Gasteiger charge is 2.33. The van der Waals surface area contributed by atoms with E-state index in [-0.39, 0.29) is 0 Å². The summed E-state index contributed by atoms with van der Waals surface area (Å²) in [5.74, 6) is 0. The zero-order valence-electron chi connectivity index (χ0n) is 24.5. The molecule has 0 heterocycles. The Kier molecular flexibility index (Phi) is 8.88. The van der Waals surface area contributed by atoms with Crippen LogP contribution in [0.3, 0.4) is 0 Å². The predicted molar refractivity (Wildman–Crippen MR) is 188 cm³/mol. The van der Waals surface area contributed by atoms with Gasteiger partial charge in [-0.3, -0.25) is 0 Å². The maximum atomic E-state index is 12.6. The summed E-state index contributed by atoms with van der Waals surface area (Å²) in [4.78, 5) is 0. The molecule has 44 heavy (non-hydrogen) atoms. The second-order valence-corrected chi connectivity index (χ2v) is 10.8. The molecule has 1 N–H and O–H groups in total. The first-order valence-corrected chi connectivity index (χ1v) is 14.9. The normalized spacial score (nSPS) is 11.9. The van der Waals surface area contributed by atoms with E-state index in [1.807, 2.05) is 91.0 Å². The number of hydrogen-bond donors (Lipinski definition) is 1. The summed E-state index contributed by atoms with van der Waals surface area (Å²) in [6.07, 6.45) is 12.6. The van der Waals surface area contributed by atoms with E-state index in [1.165, 1.54) is 0 Å². The molecule has 212 valence electrons. The third kappa shape index (κ3) is 6.93. The first kappa shape index (κ1) is 28.6. The van der Waals surface area contributed by atoms with Crippen molar-refractivity contribution in [2.24, 2.45) is 0 Å². The molecule has 0 radical (unpaired) electrons. The molecule has 0 aliphatic carbocycles. The summed E-state index contributed by atoms with van der Waals surface area (Å²) in [6.45, 7) is 0. The van der Waals surface area contributed by atoms with E-state index >= 15 is 0 Å². The summed E-state index contributed by atoms with van der Waals surface area (Å²) in [6, 6.07) is 55.3. The molecule has 6 aromatic rings. The minimum Gasteiger partial charge on any atom is -0.376 e. The molecule has 0 bridgehead atoms. The average Bonchev–Trinajstić information content (AvgIpc) is 3.10. The van der Waals surface area contributed by atoms with Crippen LogP contribution in [0.1, 0.15) is 50.1 Å². The monoisotopic (exact) mass is 566 g/mol. The highest BCUT2D eigenvalue weighted by atomic mass is 16.3. The number of hydrogen-bond acceptors (Lipinski definition) is 1. The molecule has 0 aliphatic rings. The Bertz CT molecular complexity index is 1620. The molecule has 0 saturated carbocycles. The van der Waals surface area contributed by atoms with E-state index < -0.39 is 5.60 Å². The molecule has 0 amide bonds. The Morgan fingerprint density at radius 1 is 0.273 bits per heavy atom. The Morgan fingerprint density at radius 2 is 0.477 bits per heavy atom. The van der Waals surface area contributed by atoms with Crippen LogP contribution in [-0.4, -0.2) is 5.11 Å². The lowest BCUT2D eigenvalue weighted by atomic mass is 9.79. The van der Waals surface area contributed by atoms with E-state index in [9.17, 15) is 5.11 Å². The lowest BCUT2D eigenvalue weighted by Gasteiger charge is -2.30. The molecule has 1 nitrogen and oxygen atoms in total. The quantitative estimate of drug-likeness (QED) is 0.136. The van der Waals surface area contributed by atoms with Gasteiger partial charge in [0.05, 0.1) is 0 Å². The fraction of sp³-hybridized carbons (Fsp3) is 0.0233. The number of aliphatic hydroxyl groups is 1. The highest BCUT2D eigenvalue weighted by Crippen LogP contribution is 2.37. The van der Waals surface area contributed by atoms with Crippen molar-refractivity contribution in [1.82, 2.24) is 0 Å². The number of benzene rings is 6. The standard InChI is InChI=1S/C43H34O/c44-43(40-28-22-37(23-29-40)19-16-34-10-4-1-5-11-34,41-30-24-38(25-31-41)20-17-35-12-6-2-7-13-35)42-32-26-39(27-33-42)21-18-36-14-8-3-9-15-36/h1-33,44H/b19-16+,20-17+,21-18+. The van der Waals surface area contributed by atoms with Gasteiger partial charge in [0.15, 0.2) is 0 Å². The van der Waals surface area contributed by atoms with Crippen LogP contribution < -0.4 is 0 Å². The average molecular weight is 567 g/mol. The van der Waals surface area contributed by atoms with Gasteiger partial charge in [-0.15, -0.1) is 0 Å². The van der Waals surface area contributed by atoms with Crippen LogP contribution in [0.25, 0.3) is 36.5 Å². The van der Waals surface area contributed by atoms with Gasteiger partial charge in [0.1, 0.15) is 5.60 Å². The molecule has 6 aromatic carbocycles. The van der Waals surface area contributed by atoms with E-state index in [0.717, 1.165) is 50.1 Å². The highest BCUT2D eigenvalue weighted by molar-refractivity contribution is 5.72. The Balaban J connectivity index is 1.32. The molecule has 0 unspecified atom stereocenters. The van der Waals surface area contributed by atoms with Crippen molar-refractivity contribution in [3.05, 3.63) is 214 Å². The summed E-state index contributed by atoms with van der Waals surface area (Å²) in [5.41, 5.74) is 7.78. The molecular formula is C43H34O. The molecule has 0 atom stereocenters. The second-order valence-electron chi connectivity index (χ2n) is 10.8. The first-order valence-electron chi connectivity index (χ1n) is 14.9. The predicted octanol–water partition coefficient (Wildman–Crippen LogP) is 10.5. The maximum Gasteiger partial charge on any atom is 0.140 e. The van der Waals surface area contributed by atoms with Gasteiger partial charge in [-0.1, -0.05) is 200 Å². The zero-order valence-corrected chi connectivity index (χ0v) is 24.5. The maximum absolute atomic E-state index is 12.6. The van der Waals surface area contributed by atoms with Crippen molar-refractivity contribution in [1.29, 1.82) is 0 Å². The lowest BCUT2D eigenvalue weighted by molar-refractivity contribution is 0.125. The third-order valence-electron chi connectivity index (χ3n) is 7.79. The van der Waals surface area contributed by atoms with E-state index in [0.29, 0.717) is 0 Å². The lowest BCUT2D eigenvalue weighted by Crippen LogP contribution is -2.28. The minimum atomic E-state index is -1.33. The van der Waals surface area contributed by atoms with Gasteiger partial charge in [0.2, 0.25) is 0 Å². The van der Waals surface area contributed by atoms with E-state index in [1.54, 1.807) is 0 Å². The summed E-state index contributed by atoms with van der Waals surface area (Å²) < 4.78 is 0. The molecular weight excluding hydrogens is 532 g/mol. The SMILES string of the molecule is OC(c1ccc(/C=C/c2ccccc2)cc1)(c1ccc(/C=C/c2ccccc2)cc1)c1ccc(/C=C/c2ccccc2)cc1. The molecule has 0 aliphatic heterocycles. The van der Waals surface area contributed by atoms with E-state index in [2.05, 4.69) is 109 Å². The van der Waals surface area contributed by atoms with Crippen molar-refractivity contribution >= 4 is 36.5 Å². The van der Waals surface area contributed by atoms with Crippen LogP contribution in [0.15, 0.2) is 164 Å². The minimum absolute atomic E-state index is 0.814. The van der Waals surface area contributed by atoms with Gasteiger partial charge < -0.3 is 5.11 Å². The van der Waals surface area contributed by atoms with Crippen molar-refractivity contribution in [3.63, 3.8) is 0 Å². The first-order chi connectivity index (χ1) is 21.7.